The minimum absolute atomic E-state index is 0.451. The van der Waals surface area contributed by atoms with Crippen LogP contribution in [0.2, 0.25) is 5.02 Å². The lowest BCUT2D eigenvalue weighted by Crippen LogP contribution is -2.07. The van der Waals surface area contributed by atoms with Crippen molar-refractivity contribution in [3.8, 4) is 0 Å². The van der Waals surface area contributed by atoms with E-state index < -0.39 is 0 Å². The molecular formula is C13H15BrClN3. The van der Waals surface area contributed by atoms with Crippen molar-refractivity contribution in [3.05, 3.63) is 51.0 Å². The van der Waals surface area contributed by atoms with E-state index in [-0.39, 0.29) is 0 Å². The van der Waals surface area contributed by atoms with Gasteiger partial charge in [0.15, 0.2) is 0 Å². The van der Waals surface area contributed by atoms with Crippen LogP contribution >= 0.6 is 27.5 Å². The molecule has 5 heteroatoms. The monoisotopic (exact) mass is 327 g/mol. The summed E-state index contributed by atoms with van der Waals surface area (Å²) in [7, 11) is 1.99. The van der Waals surface area contributed by atoms with Gasteiger partial charge in [-0.25, -0.2) is 4.98 Å². The second-order valence-corrected chi connectivity index (χ2v) is 5.35. The number of nitrogens with zero attached hydrogens (tertiary/aromatic N) is 2. The van der Waals surface area contributed by atoms with Gasteiger partial charge in [-0.15, -0.1) is 0 Å². The first-order chi connectivity index (χ1) is 8.61. The van der Waals surface area contributed by atoms with Gasteiger partial charge in [0.2, 0.25) is 0 Å². The van der Waals surface area contributed by atoms with Gasteiger partial charge in [0, 0.05) is 12.1 Å². The standard InChI is InChI=1S/C13H15BrClN3/c1-18-11(13(14)17-12(18)8-16)6-5-9-3-2-4-10(15)7-9/h2-4,7H,5-6,8,16H2,1H3. The second kappa shape index (κ2) is 5.87. The molecule has 0 atom stereocenters. The molecule has 3 nitrogen and oxygen atoms in total. The van der Waals surface area contributed by atoms with Crippen molar-refractivity contribution in [2.45, 2.75) is 19.4 Å². The zero-order chi connectivity index (χ0) is 13.1. The molecule has 1 aromatic heterocycles. The summed E-state index contributed by atoms with van der Waals surface area (Å²) in [6.07, 6.45) is 1.84. The van der Waals surface area contributed by atoms with Crippen molar-refractivity contribution >= 4 is 27.5 Å². The van der Waals surface area contributed by atoms with Crippen molar-refractivity contribution in [2.24, 2.45) is 12.8 Å². The quantitative estimate of drug-likeness (QED) is 0.937. The van der Waals surface area contributed by atoms with Crippen LogP contribution in [0.5, 0.6) is 0 Å². The lowest BCUT2D eigenvalue weighted by molar-refractivity contribution is 0.739. The van der Waals surface area contributed by atoms with Crippen LogP contribution in [0.25, 0.3) is 0 Å². The highest BCUT2D eigenvalue weighted by molar-refractivity contribution is 9.10. The predicted molar refractivity (Wildman–Crippen MR) is 77.7 cm³/mol. The normalized spacial score (nSPS) is 10.9. The minimum atomic E-state index is 0.451. The average Bonchev–Trinajstić information content (AvgIpc) is 2.62. The third kappa shape index (κ3) is 2.94. The molecule has 0 saturated carbocycles. The molecule has 0 fully saturated rings. The van der Waals surface area contributed by atoms with Gasteiger partial charge in [0.05, 0.1) is 12.2 Å². The maximum atomic E-state index is 5.97. The number of benzene rings is 1. The van der Waals surface area contributed by atoms with Crippen molar-refractivity contribution in [2.75, 3.05) is 0 Å². The molecule has 1 aromatic carbocycles. The Balaban J connectivity index is 2.13. The molecule has 18 heavy (non-hydrogen) atoms. The summed E-state index contributed by atoms with van der Waals surface area (Å²) >= 11 is 9.46. The molecule has 0 aliphatic rings. The molecule has 0 unspecified atom stereocenters. The van der Waals surface area contributed by atoms with E-state index in [4.69, 9.17) is 17.3 Å². The highest BCUT2D eigenvalue weighted by Crippen LogP contribution is 2.20. The number of aryl methyl sites for hydroxylation is 1. The van der Waals surface area contributed by atoms with E-state index in [2.05, 4.69) is 31.5 Å². The van der Waals surface area contributed by atoms with Gasteiger partial charge >= 0.3 is 0 Å². The fraction of sp³-hybridized carbons (Fsp3) is 0.308. The maximum Gasteiger partial charge on any atom is 0.127 e. The average molecular weight is 329 g/mol. The van der Waals surface area contributed by atoms with Crippen LogP contribution in [0.15, 0.2) is 28.9 Å². The summed E-state index contributed by atoms with van der Waals surface area (Å²) in [5.74, 6) is 0.892. The van der Waals surface area contributed by atoms with Gasteiger partial charge in [0.1, 0.15) is 10.4 Å². The number of hydrogen-bond donors (Lipinski definition) is 1. The Morgan fingerprint density at radius 2 is 2.17 bits per heavy atom. The molecular weight excluding hydrogens is 314 g/mol. The number of nitrogens with two attached hydrogens (primary N) is 1. The van der Waals surface area contributed by atoms with Crippen molar-refractivity contribution in [3.63, 3.8) is 0 Å². The molecule has 0 saturated heterocycles. The van der Waals surface area contributed by atoms with Gasteiger partial charge in [-0.1, -0.05) is 23.7 Å². The van der Waals surface area contributed by atoms with Crippen LogP contribution in [0, 0.1) is 0 Å². The number of hydrogen-bond acceptors (Lipinski definition) is 2. The van der Waals surface area contributed by atoms with Gasteiger partial charge in [0.25, 0.3) is 0 Å². The summed E-state index contributed by atoms with van der Waals surface area (Å²) in [6, 6.07) is 7.94. The Hall–Kier alpha value is -0.840. The molecule has 96 valence electrons. The third-order valence-corrected chi connectivity index (χ3v) is 3.85. The van der Waals surface area contributed by atoms with E-state index in [1.807, 2.05) is 25.2 Å². The summed E-state index contributed by atoms with van der Waals surface area (Å²) in [5, 5.41) is 0.777. The van der Waals surface area contributed by atoms with Gasteiger partial charge < -0.3 is 10.3 Å². The third-order valence-electron chi connectivity index (χ3n) is 2.98. The Morgan fingerprint density at radius 1 is 1.39 bits per heavy atom. The van der Waals surface area contributed by atoms with Crippen molar-refractivity contribution < 1.29 is 0 Å². The van der Waals surface area contributed by atoms with E-state index >= 15 is 0 Å². The van der Waals surface area contributed by atoms with Crippen molar-refractivity contribution in [1.29, 1.82) is 0 Å². The molecule has 2 N–H and O–H groups in total. The number of imidazole rings is 1. The van der Waals surface area contributed by atoms with Crippen LogP contribution < -0.4 is 5.73 Å². The molecule has 0 aliphatic carbocycles. The minimum Gasteiger partial charge on any atom is -0.333 e. The summed E-state index contributed by atoms with van der Waals surface area (Å²) in [5.41, 5.74) is 8.03. The molecule has 2 rings (SSSR count). The lowest BCUT2D eigenvalue weighted by Gasteiger charge is -2.06. The molecule has 0 amide bonds. The SMILES string of the molecule is Cn1c(CN)nc(Br)c1CCc1cccc(Cl)c1. The van der Waals surface area contributed by atoms with E-state index in [9.17, 15) is 0 Å². The Bertz CT molecular complexity index is 551. The summed E-state index contributed by atoms with van der Waals surface area (Å²) < 4.78 is 2.93. The zero-order valence-electron chi connectivity index (χ0n) is 10.2. The highest BCUT2D eigenvalue weighted by atomic mass is 79.9. The maximum absolute atomic E-state index is 5.97. The topological polar surface area (TPSA) is 43.8 Å². The first-order valence-corrected chi connectivity index (χ1v) is 6.93. The summed E-state index contributed by atoms with van der Waals surface area (Å²) in [4.78, 5) is 4.39. The van der Waals surface area contributed by atoms with Gasteiger partial charge in [-0.05, 0) is 46.5 Å². The van der Waals surface area contributed by atoms with E-state index in [1.54, 1.807) is 0 Å². The fourth-order valence-electron chi connectivity index (χ4n) is 1.96. The molecule has 0 bridgehead atoms. The van der Waals surface area contributed by atoms with Crippen molar-refractivity contribution in [1.82, 2.24) is 9.55 Å². The largest absolute Gasteiger partial charge is 0.333 e. The Kier molecular flexibility index (Phi) is 4.43. The van der Waals surface area contributed by atoms with E-state index in [1.165, 1.54) is 5.56 Å². The molecule has 0 radical (unpaired) electrons. The fourth-order valence-corrected chi connectivity index (χ4v) is 2.84. The first kappa shape index (κ1) is 13.6. The number of aromatic nitrogens is 2. The van der Waals surface area contributed by atoms with E-state index in [0.717, 1.165) is 34.0 Å². The molecule has 0 spiro atoms. The van der Waals surface area contributed by atoms with Crippen LogP contribution in [-0.4, -0.2) is 9.55 Å². The Morgan fingerprint density at radius 3 is 2.78 bits per heavy atom. The van der Waals surface area contributed by atoms with Crippen LogP contribution in [0.3, 0.4) is 0 Å². The predicted octanol–water partition coefficient (Wildman–Crippen LogP) is 3.08. The van der Waals surface area contributed by atoms with Crippen LogP contribution in [0.4, 0.5) is 0 Å². The number of halogens is 2. The summed E-state index contributed by atoms with van der Waals surface area (Å²) in [6.45, 7) is 0.451. The lowest BCUT2D eigenvalue weighted by atomic mass is 10.1. The smallest absolute Gasteiger partial charge is 0.127 e. The highest BCUT2D eigenvalue weighted by Gasteiger charge is 2.11. The number of rotatable bonds is 4. The zero-order valence-corrected chi connectivity index (χ0v) is 12.5. The molecule has 1 heterocycles. The van der Waals surface area contributed by atoms with Crippen LogP contribution in [-0.2, 0) is 26.4 Å². The van der Waals surface area contributed by atoms with Gasteiger partial charge in [-0.3, -0.25) is 0 Å². The first-order valence-electron chi connectivity index (χ1n) is 5.76. The molecule has 0 aliphatic heterocycles. The van der Waals surface area contributed by atoms with Gasteiger partial charge in [-0.2, -0.15) is 0 Å². The van der Waals surface area contributed by atoms with E-state index in [0.29, 0.717) is 6.54 Å². The second-order valence-electron chi connectivity index (χ2n) is 4.16. The Labute approximate surface area is 120 Å². The van der Waals surface area contributed by atoms with Crippen LogP contribution in [0.1, 0.15) is 17.1 Å². The molecule has 2 aromatic rings.